The number of aliphatic hydroxyl groups is 2. The zero-order valence-electron chi connectivity index (χ0n) is 12.8. The molecule has 0 saturated heterocycles. The molecule has 1 aromatic rings. The van der Waals surface area contributed by atoms with Crippen molar-refractivity contribution in [2.75, 3.05) is 19.8 Å². The van der Waals surface area contributed by atoms with Crippen LogP contribution in [0.4, 0.5) is 0 Å². The van der Waals surface area contributed by atoms with Gasteiger partial charge in [0.05, 0.1) is 19.8 Å². The maximum Gasteiger partial charge on any atom is 0.119 e. The summed E-state index contributed by atoms with van der Waals surface area (Å²) >= 11 is 0. The third-order valence-electron chi connectivity index (χ3n) is 2.86. The van der Waals surface area contributed by atoms with Crippen LogP contribution < -0.4 is 4.74 Å². The van der Waals surface area contributed by atoms with Crippen LogP contribution in [-0.4, -0.2) is 30.0 Å². The number of benzene rings is 1. The fourth-order valence-electron chi connectivity index (χ4n) is 1.77. The van der Waals surface area contributed by atoms with Gasteiger partial charge in [-0.05, 0) is 18.6 Å². The molecule has 0 spiro atoms. The normalized spacial score (nSPS) is 9.75. The SMILES string of the molecule is CCCCCCCCCOc1ccccc1.OCCO. The largest absolute Gasteiger partial charge is 0.494 e. The molecule has 2 N–H and O–H groups in total. The third-order valence-corrected chi connectivity index (χ3v) is 2.86. The van der Waals surface area contributed by atoms with Crippen molar-refractivity contribution in [3.63, 3.8) is 0 Å². The summed E-state index contributed by atoms with van der Waals surface area (Å²) in [5.74, 6) is 0.994. The molecule has 0 aliphatic carbocycles. The molecule has 0 fully saturated rings. The van der Waals surface area contributed by atoms with Gasteiger partial charge in [0.25, 0.3) is 0 Å². The van der Waals surface area contributed by atoms with Crippen molar-refractivity contribution in [2.45, 2.75) is 51.9 Å². The molecular formula is C17H30O3. The van der Waals surface area contributed by atoms with Gasteiger partial charge >= 0.3 is 0 Å². The van der Waals surface area contributed by atoms with Crippen molar-refractivity contribution in [3.05, 3.63) is 30.3 Å². The highest BCUT2D eigenvalue weighted by molar-refractivity contribution is 5.20. The van der Waals surface area contributed by atoms with Gasteiger partial charge in [0.2, 0.25) is 0 Å². The average molecular weight is 282 g/mol. The number of para-hydroxylation sites is 1. The first-order valence-corrected chi connectivity index (χ1v) is 7.74. The number of rotatable bonds is 10. The highest BCUT2D eigenvalue weighted by Gasteiger charge is 1.93. The fraction of sp³-hybridized carbons (Fsp3) is 0.647. The van der Waals surface area contributed by atoms with Crippen LogP contribution in [-0.2, 0) is 0 Å². The molecule has 0 bridgehead atoms. The van der Waals surface area contributed by atoms with E-state index in [4.69, 9.17) is 14.9 Å². The molecule has 1 rings (SSSR count). The molecule has 20 heavy (non-hydrogen) atoms. The summed E-state index contributed by atoms with van der Waals surface area (Å²) in [5.41, 5.74) is 0. The Hall–Kier alpha value is -1.06. The van der Waals surface area contributed by atoms with E-state index in [-0.39, 0.29) is 13.2 Å². The Labute approximate surface area is 123 Å². The molecule has 3 nitrogen and oxygen atoms in total. The summed E-state index contributed by atoms with van der Waals surface area (Å²) in [5, 5.41) is 15.2. The molecular weight excluding hydrogens is 252 g/mol. The number of hydrogen-bond donors (Lipinski definition) is 2. The third kappa shape index (κ3) is 13.4. The van der Waals surface area contributed by atoms with E-state index in [9.17, 15) is 0 Å². The summed E-state index contributed by atoms with van der Waals surface area (Å²) in [4.78, 5) is 0. The molecule has 0 aromatic heterocycles. The van der Waals surface area contributed by atoms with E-state index in [1.807, 2.05) is 30.3 Å². The van der Waals surface area contributed by atoms with E-state index >= 15 is 0 Å². The molecule has 0 saturated carbocycles. The Kier molecular flexibility index (Phi) is 15.1. The number of hydrogen-bond acceptors (Lipinski definition) is 3. The van der Waals surface area contributed by atoms with Crippen LogP contribution in [0.5, 0.6) is 5.75 Å². The van der Waals surface area contributed by atoms with Crippen LogP contribution in [0, 0.1) is 0 Å². The van der Waals surface area contributed by atoms with Gasteiger partial charge in [0, 0.05) is 0 Å². The Morgan fingerprint density at radius 3 is 1.90 bits per heavy atom. The standard InChI is InChI=1S/C15H24O.C2H6O2/c1-2-3-4-5-6-7-11-14-16-15-12-9-8-10-13-15;3-1-2-4/h8-10,12-13H,2-7,11,14H2,1H3;3-4H,1-2H2. The first-order chi connectivity index (χ1) is 9.85. The molecule has 0 atom stereocenters. The monoisotopic (exact) mass is 282 g/mol. The second-order valence-corrected chi connectivity index (χ2v) is 4.73. The molecule has 0 radical (unpaired) electrons. The first kappa shape index (κ1) is 18.9. The minimum absolute atomic E-state index is 0.125. The van der Waals surface area contributed by atoms with Crippen LogP contribution in [0.3, 0.4) is 0 Å². The Balaban J connectivity index is 0.000000796. The maximum atomic E-state index is 7.62. The minimum Gasteiger partial charge on any atom is -0.494 e. The predicted octanol–water partition coefficient (Wildman–Crippen LogP) is 3.79. The molecule has 0 heterocycles. The molecule has 0 aliphatic rings. The van der Waals surface area contributed by atoms with Crippen molar-refractivity contribution >= 4 is 0 Å². The summed E-state index contributed by atoms with van der Waals surface area (Å²) < 4.78 is 5.63. The van der Waals surface area contributed by atoms with Gasteiger partial charge in [-0.1, -0.05) is 63.6 Å². The smallest absolute Gasteiger partial charge is 0.119 e. The topological polar surface area (TPSA) is 49.7 Å². The van der Waals surface area contributed by atoms with Gasteiger partial charge in [0.15, 0.2) is 0 Å². The molecule has 0 unspecified atom stereocenters. The van der Waals surface area contributed by atoms with Gasteiger partial charge < -0.3 is 14.9 Å². The van der Waals surface area contributed by atoms with Crippen molar-refractivity contribution in [2.24, 2.45) is 0 Å². The fourth-order valence-corrected chi connectivity index (χ4v) is 1.77. The van der Waals surface area contributed by atoms with Crippen LogP contribution in [0.25, 0.3) is 0 Å². The van der Waals surface area contributed by atoms with Crippen LogP contribution >= 0.6 is 0 Å². The van der Waals surface area contributed by atoms with Gasteiger partial charge in [-0.3, -0.25) is 0 Å². The Bertz CT molecular complexity index is 273. The molecule has 1 aromatic carbocycles. The predicted molar refractivity (Wildman–Crippen MR) is 84.1 cm³/mol. The van der Waals surface area contributed by atoms with E-state index in [0.29, 0.717) is 0 Å². The van der Waals surface area contributed by atoms with E-state index < -0.39 is 0 Å². The highest BCUT2D eigenvalue weighted by atomic mass is 16.5. The van der Waals surface area contributed by atoms with Gasteiger partial charge in [-0.15, -0.1) is 0 Å². The van der Waals surface area contributed by atoms with Gasteiger partial charge in [-0.25, -0.2) is 0 Å². The van der Waals surface area contributed by atoms with Crippen molar-refractivity contribution < 1.29 is 14.9 Å². The minimum atomic E-state index is -0.125. The van der Waals surface area contributed by atoms with Crippen LogP contribution in [0.15, 0.2) is 30.3 Å². The summed E-state index contributed by atoms with van der Waals surface area (Å²) in [6.07, 6.45) is 9.35. The van der Waals surface area contributed by atoms with E-state index in [0.717, 1.165) is 12.4 Å². The van der Waals surface area contributed by atoms with E-state index in [1.54, 1.807) is 0 Å². The van der Waals surface area contributed by atoms with E-state index in [1.165, 1.54) is 44.9 Å². The van der Waals surface area contributed by atoms with Crippen molar-refractivity contribution in [1.82, 2.24) is 0 Å². The van der Waals surface area contributed by atoms with E-state index in [2.05, 4.69) is 6.92 Å². The highest BCUT2D eigenvalue weighted by Crippen LogP contribution is 2.10. The average Bonchev–Trinajstić information content (AvgIpc) is 2.51. The zero-order chi connectivity index (χ0) is 14.9. The number of unbranched alkanes of at least 4 members (excludes halogenated alkanes) is 6. The number of aliphatic hydroxyl groups excluding tert-OH is 2. The summed E-state index contributed by atoms with van der Waals surface area (Å²) in [6.45, 7) is 2.87. The van der Waals surface area contributed by atoms with Gasteiger partial charge in [0.1, 0.15) is 5.75 Å². The molecule has 116 valence electrons. The molecule has 0 aliphatic heterocycles. The maximum absolute atomic E-state index is 7.62. The quantitative estimate of drug-likeness (QED) is 0.642. The lowest BCUT2D eigenvalue weighted by Gasteiger charge is -2.05. The molecule has 3 heteroatoms. The second-order valence-electron chi connectivity index (χ2n) is 4.73. The first-order valence-electron chi connectivity index (χ1n) is 7.74. The van der Waals surface area contributed by atoms with Gasteiger partial charge in [-0.2, -0.15) is 0 Å². The summed E-state index contributed by atoms with van der Waals surface area (Å²) in [7, 11) is 0. The van der Waals surface area contributed by atoms with Crippen LogP contribution in [0.2, 0.25) is 0 Å². The Morgan fingerprint density at radius 1 is 0.800 bits per heavy atom. The van der Waals surface area contributed by atoms with Crippen molar-refractivity contribution in [3.8, 4) is 5.75 Å². The second kappa shape index (κ2) is 16.0. The number of ether oxygens (including phenoxy) is 1. The lowest BCUT2D eigenvalue weighted by atomic mass is 10.1. The lowest BCUT2D eigenvalue weighted by molar-refractivity contribution is 0.186. The lowest BCUT2D eigenvalue weighted by Crippen LogP contribution is -1.96. The van der Waals surface area contributed by atoms with Crippen molar-refractivity contribution in [1.29, 1.82) is 0 Å². The summed E-state index contributed by atoms with van der Waals surface area (Å²) in [6, 6.07) is 10.1. The van der Waals surface area contributed by atoms with Crippen LogP contribution in [0.1, 0.15) is 51.9 Å². The molecule has 0 amide bonds. The zero-order valence-corrected chi connectivity index (χ0v) is 12.8. The Morgan fingerprint density at radius 2 is 1.35 bits per heavy atom.